The van der Waals surface area contributed by atoms with Crippen LogP contribution in [0.4, 0.5) is 0 Å². The number of pyridine rings is 1. The number of carbonyl (C=O) groups excluding carboxylic acids is 3. The molecule has 0 aliphatic heterocycles. The van der Waals surface area contributed by atoms with Crippen molar-refractivity contribution in [3.8, 4) is 22.5 Å². The highest BCUT2D eigenvalue weighted by Crippen LogP contribution is 2.41. The number of aromatic nitrogens is 3. The molecule has 0 bridgehead atoms. The second-order valence-corrected chi connectivity index (χ2v) is 16.6. The number of rotatable bonds is 20. The molecule has 4 aromatic rings. The van der Waals surface area contributed by atoms with E-state index in [0.29, 0.717) is 13.0 Å². The number of benzene rings is 1. The number of fused-ring (bicyclic) bond motifs is 1. The first-order valence-electron chi connectivity index (χ1n) is 19.5. The second kappa shape index (κ2) is 20.1. The van der Waals surface area contributed by atoms with E-state index in [1.54, 1.807) is 20.4 Å². The van der Waals surface area contributed by atoms with Crippen molar-refractivity contribution in [2.75, 3.05) is 41.4 Å². The smallest absolute Gasteiger partial charge is 0.302 e. The summed E-state index contributed by atoms with van der Waals surface area (Å²) in [6, 6.07) is 9.29. The van der Waals surface area contributed by atoms with Gasteiger partial charge in [-0.3, -0.25) is 24.3 Å². The van der Waals surface area contributed by atoms with Crippen LogP contribution in [-0.2, 0) is 43.2 Å². The largest absolute Gasteiger partial charge is 0.465 e. The number of methoxy groups -OCH3 is 1. The van der Waals surface area contributed by atoms with Crippen LogP contribution in [-0.4, -0.2) is 96.9 Å². The van der Waals surface area contributed by atoms with E-state index >= 15 is 0 Å². The zero-order valence-electron chi connectivity index (χ0n) is 35.1. The van der Waals surface area contributed by atoms with Gasteiger partial charge in [0.2, 0.25) is 11.8 Å². The highest BCUT2D eigenvalue weighted by atomic mass is 32.1. The number of hydrogen-bond acceptors (Lipinski definition) is 10. The molecule has 0 saturated carbocycles. The van der Waals surface area contributed by atoms with E-state index in [9.17, 15) is 14.4 Å². The molecule has 3 atom stereocenters. The fourth-order valence-electron chi connectivity index (χ4n) is 7.25. The van der Waals surface area contributed by atoms with Crippen molar-refractivity contribution in [2.45, 2.75) is 98.9 Å². The molecular formula is C43H61N7O5S. The normalized spacial score (nSPS) is 13.7. The Morgan fingerprint density at radius 3 is 2.52 bits per heavy atom. The predicted molar refractivity (Wildman–Crippen MR) is 226 cm³/mol. The van der Waals surface area contributed by atoms with Crippen molar-refractivity contribution in [1.29, 1.82) is 0 Å². The topological polar surface area (TPSA) is 140 Å². The van der Waals surface area contributed by atoms with E-state index in [4.69, 9.17) is 19.4 Å². The predicted octanol–water partition coefficient (Wildman–Crippen LogP) is 6.90. The molecule has 13 heteroatoms. The van der Waals surface area contributed by atoms with Crippen LogP contribution in [0.2, 0.25) is 0 Å². The number of hydrogen-bond donors (Lipinski definition) is 2. The number of aliphatic imine (C=N–C) groups is 1. The average Bonchev–Trinajstić information content (AvgIpc) is 3.74. The molecule has 3 heterocycles. The Morgan fingerprint density at radius 2 is 1.88 bits per heavy atom. The number of carbonyl (C=O) groups is 3. The van der Waals surface area contributed by atoms with Crippen LogP contribution in [0.15, 0.2) is 46.9 Å². The summed E-state index contributed by atoms with van der Waals surface area (Å²) in [4.78, 5) is 54.7. The van der Waals surface area contributed by atoms with E-state index < -0.39 is 12.1 Å². The number of aryl methyl sites for hydroxylation is 1. The summed E-state index contributed by atoms with van der Waals surface area (Å²) in [5, 5.41) is 9.88. The van der Waals surface area contributed by atoms with E-state index in [1.807, 2.05) is 57.4 Å². The number of amides is 2. The molecule has 1 aromatic carbocycles. The summed E-state index contributed by atoms with van der Waals surface area (Å²) >= 11 is 1.47. The third-order valence-corrected chi connectivity index (χ3v) is 10.8. The summed E-state index contributed by atoms with van der Waals surface area (Å²) in [6.45, 7) is 15.3. The lowest BCUT2D eigenvalue weighted by atomic mass is 9.84. The van der Waals surface area contributed by atoms with Gasteiger partial charge in [0.15, 0.2) is 0 Å². The summed E-state index contributed by atoms with van der Waals surface area (Å²) in [5.41, 5.74) is 6.45. The van der Waals surface area contributed by atoms with Gasteiger partial charge in [0.05, 0.1) is 40.8 Å². The van der Waals surface area contributed by atoms with Gasteiger partial charge in [0.25, 0.3) is 0 Å². The molecule has 3 aromatic heterocycles. The van der Waals surface area contributed by atoms with Crippen LogP contribution >= 0.6 is 11.3 Å². The molecule has 0 spiro atoms. The van der Waals surface area contributed by atoms with Crippen molar-refractivity contribution in [3.63, 3.8) is 0 Å². The molecular weight excluding hydrogens is 727 g/mol. The maximum absolute atomic E-state index is 13.6. The third-order valence-electron chi connectivity index (χ3n) is 9.95. The fraction of sp³-hybridized carbons (Fsp3) is 0.535. The first kappa shape index (κ1) is 44.3. The van der Waals surface area contributed by atoms with Gasteiger partial charge in [-0.25, -0.2) is 4.98 Å². The number of ether oxygens (including phenoxy) is 2. The molecule has 12 nitrogen and oxygen atoms in total. The molecule has 0 saturated heterocycles. The Bertz CT molecular complexity index is 1970. The first-order chi connectivity index (χ1) is 26.6. The average molecular weight is 788 g/mol. The summed E-state index contributed by atoms with van der Waals surface area (Å²) < 4.78 is 13.6. The van der Waals surface area contributed by atoms with Gasteiger partial charge in [-0.05, 0) is 89.2 Å². The minimum absolute atomic E-state index is 0.0526. The lowest BCUT2D eigenvalue weighted by Gasteiger charge is -2.28. The lowest BCUT2D eigenvalue weighted by Crippen LogP contribution is -2.54. The van der Waals surface area contributed by atoms with Gasteiger partial charge in [0.1, 0.15) is 6.04 Å². The van der Waals surface area contributed by atoms with Crippen LogP contribution in [0.1, 0.15) is 83.7 Å². The van der Waals surface area contributed by atoms with Gasteiger partial charge in [-0.2, -0.15) is 0 Å². The third kappa shape index (κ3) is 11.1. The monoisotopic (exact) mass is 787 g/mol. The van der Waals surface area contributed by atoms with Gasteiger partial charge in [-0.15, -0.1) is 11.3 Å². The van der Waals surface area contributed by atoms with Gasteiger partial charge in [0, 0.05) is 79.6 Å². The fourth-order valence-corrected chi connectivity index (χ4v) is 8.10. The Hall–Kier alpha value is -4.46. The zero-order valence-corrected chi connectivity index (χ0v) is 35.9. The Morgan fingerprint density at radius 1 is 1.12 bits per heavy atom. The molecule has 3 unspecified atom stereocenters. The van der Waals surface area contributed by atoms with Crippen molar-refractivity contribution < 1.29 is 23.9 Å². The van der Waals surface area contributed by atoms with Gasteiger partial charge < -0.3 is 29.7 Å². The van der Waals surface area contributed by atoms with Crippen molar-refractivity contribution in [2.24, 2.45) is 16.3 Å². The molecule has 0 radical (unpaired) electrons. The first-order valence-corrected chi connectivity index (χ1v) is 20.4. The molecule has 304 valence electrons. The van der Waals surface area contributed by atoms with Gasteiger partial charge in [-0.1, -0.05) is 33.8 Å². The Labute approximate surface area is 336 Å². The number of unbranched alkanes of at least 4 members (excludes halogenated alkanes) is 1. The minimum Gasteiger partial charge on any atom is -0.465 e. The highest BCUT2D eigenvalue weighted by molar-refractivity contribution is 7.10. The zero-order chi connectivity index (χ0) is 41.2. The Balaban J connectivity index is 1.77. The molecule has 0 fully saturated rings. The number of esters is 1. The molecule has 2 N–H and O–H groups in total. The summed E-state index contributed by atoms with van der Waals surface area (Å²) in [6.07, 6.45) is 5.78. The van der Waals surface area contributed by atoms with Crippen LogP contribution in [0.5, 0.6) is 0 Å². The SMILES string of the molecule is CCn1c(-c2cccnc2C(C)OC)c(CC(C)(C)COC(C)=O)c2cc(-c3csc(CC(NC(=O)C(C(C)C)N(C)C)C(=O)NCCCC=NC)n3)ccc21. The van der Waals surface area contributed by atoms with Crippen LogP contribution in [0.25, 0.3) is 33.4 Å². The molecule has 0 aliphatic carbocycles. The molecule has 0 aliphatic rings. The standard InChI is InChI=1S/C43H61N7O5S/c1-12-50-36-18-17-30(22-32(36)33(24-43(6,7)26-55-29(5)51)40(50)31-16-15-21-45-38(31)28(4)54-11)35-25-56-37(47-35)23-34(41(52)46-20-14-13-19-44-8)48-42(53)39(27(2)3)49(9)10/h15-19,21-22,25,27-28,34,39H,12-14,20,23-24,26H2,1-11H3,(H,46,52)(H,48,53). The number of thiazole rings is 1. The van der Waals surface area contributed by atoms with Crippen LogP contribution in [0.3, 0.4) is 0 Å². The highest BCUT2D eigenvalue weighted by Gasteiger charge is 2.31. The molecule has 2 amide bonds. The van der Waals surface area contributed by atoms with E-state index in [1.165, 1.54) is 18.3 Å². The van der Waals surface area contributed by atoms with Crippen LogP contribution < -0.4 is 10.6 Å². The Kier molecular flexibility index (Phi) is 15.9. The van der Waals surface area contributed by atoms with E-state index in [2.05, 4.69) is 65.2 Å². The molecule has 4 rings (SSSR count). The van der Waals surface area contributed by atoms with Crippen molar-refractivity contribution in [3.05, 3.63) is 58.2 Å². The lowest BCUT2D eigenvalue weighted by molar-refractivity contribution is -0.144. The van der Waals surface area contributed by atoms with Gasteiger partial charge >= 0.3 is 5.97 Å². The maximum atomic E-state index is 13.6. The maximum Gasteiger partial charge on any atom is 0.302 e. The minimum atomic E-state index is -0.791. The van der Waals surface area contributed by atoms with Crippen molar-refractivity contribution in [1.82, 2.24) is 30.1 Å². The number of nitrogens with one attached hydrogen (secondary N) is 2. The number of likely N-dealkylation sites (N-methyl/N-ethyl adjacent to an activating group) is 1. The van der Waals surface area contributed by atoms with E-state index in [-0.39, 0.29) is 48.2 Å². The second-order valence-electron chi connectivity index (χ2n) is 15.7. The summed E-state index contributed by atoms with van der Waals surface area (Å²) in [7, 11) is 7.17. The number of nitrogens with zero attached hydrogens (tertiary/aromatic N) is 5. The summed E-state index contributed by atoms with van der Waals surface area (Å²) in [5.74, 6) is -0.685. The quantitative estimate of drug-likeness (QED) is 0.0561. The van der Waals surface area contributed by atoms with E-state index in [0.717, 1.165) is 69.1 Å². The van der Waals surface area contributed by atoms with Crippen LogP contribution in [0, 0.1) is 11.3 Å². The molecule has 56 heavy (non-hydrogen) atoms. The van der Waals surface area contributed by atoms with Crippen molar-refractivity contribution >= 4 is 46.2 Å².